The van der Waals surface area contributed by atoms with Gasteiger partial charge in [-0.05, 0) is 24.0 Å². The van der Waals surface area contributed by atoms with Crippen LogP contribution in [0.15, 0.2) is 12.1 Å². The summed E-state index contributed by atoms with van der Waals surface area (Å²) in [5.74, 6) is 0.171. The van der Waals surface area contributed by atoms with Gasteiger partial charge < -0.3 is 4.74 Å². The molecule has 1 aromatic heterocycles. The normalized spacial score (nSPS) is 13.7. The molecule has 0 fully saturated rings. The highest BCUT2D eigenvalue weighted by atomic mass is 32.1. The number of carbonyl (C=O) groups is 1. The summed E-state index contributed by atoms with van der Waals surface area (Å²) in [6, 6.07) is 4.16. The van der Waals surface area contributed by atoms with Crippen LogP contribution in [0.25, 0.3) is 0 Å². The lowest BCUT2D eigenvalue weighted by atomic mass is 9.85. The summed E-state index contributed by atoms with van der Waals surface area (Å²) in [5, 5.41) is 0. The average Bonchev–Trinajstić information content (AvgIpc) is 2.64. The molecular formula is C14H22O2S. The smallest absolute Gasteiger partial charge is 0.167 e. The Morgan fingerprint density at radius 3 is 2.35 bits per heavy atom. The van der Waals surface area contributed by atoms with E-state index in [0.717, 1.165) is 11.3 Å². The van der Waals surface area contributed by atoms with Crippen LogP contribution in [0.3, 0.4) is 0 Å². The lowest BCUT2D eigenvalue weighted by molar-refractivity contribution is -0.134. The van der Waals surface area contributed by atoms with E-state index in [2.05, 4.69) is 19.1 Å². The summed E-state index contributed by atoms with van der Waals surface area (Å²) < 4.78 is 5.34. The summed E-state index contributed by atoms with van der Waals surface area (Å²) in [6.07, 6.45) is 1.20. The Bertz CT molecular complexity index is 374. The summed E-state index contributed by atoms with van der Waals surface area (Å²) >= 11 is 1.72. The lowest BCUT2D eigenvalue weighted by Gasteiger charge is -2.27. The molecular weight excluding hydrogens is 232 g/mol. The molecule has 0 saturated heterocycles. The zero-order valence-electron chi connectivity index (χ0n) is 11.4. The van der Waals surface area contributed by atoms with Gasteiger partial charge >= 0.3 is 0 Å². The van der Waals surface area contributed by atoms with E-state index in [1.807, 2.05) is 20.8 Å². The van der Waals surface area contributed by atoms with Crippen LogP contribution in [0, 0.1) is 5.41 Å². The molecule has 0 aromatic carbocycles. The van der Waals surface area contributed by atoms with Crippen molar-refractivity contribution in [1.82, 2.24) is 0 Å². The van der Waals surface area contributed by atoms with Crippen LogP contribution >= 0.6 is 11.3 Å². The molecule has 0 amide bonds. The van der Waals surface area contributed by atoms with Crippen molar-refractivity contribution in [1.29, 1.82) is 0 Å². The van der Waals surface area contributed by atoms with Crippen LogP contribution in [-0.4, -0.2) is 19.0 Å². The van der Waals surface area contributed by atoms with Gasteiger partial charge in [-0.15, -0.1) is 11.3 Å². The van der Waals surface area contributed by atoms with E-state index in [-0.39, 0.29) is 17.3 Å². The van der Waals surface area contributed by atoms with Gasteiger partial charge in [0.05, 0.1) is 0 Å². The third kappa shape index (κ3) is 3.93. The standard InChI is InChI=1S/C14H22O2S/c1-6-10-7-8-11(17-10)9-12(15)13(16-5)14(2,3)4/h7-8,13H,6,9H2,1-5H3. The Balaban J connectivity index is 2.70. The lowest BCUT2D eigenvalue weighted by Crippen LogP contribution is -2.37. The Hall–Kier alpha value is -0.670. The number of rotatable bonds is 5. The van der Waals surface area contributed by atoms with E-state index in [9.17, 15) is 4.79 Å². The molecule has 0 N–H and O–H groups in total. The second kappa shape index (κ2) is 5.78. The van der Waals surface area contributed by atoms with Crippen LogP contribution in [0.5, 0.6) is 0 Å². The Labute approximate surface area is 108 Å². The fraction of sp³-hybridized carbons (Fsp3) is 0.643. The fourth-order valence-electron chi connectivity index (χ4n) is 1.94. The number of ketones is 1. The van der Waals surface area contributed by atoms with E-state index in [1.165, 1.54) is 4.88 Å². The summed E-state index contributed by atoms with van der Waals surface area (Å²) in [6.45, 7) is 8.23. The van der Waals surface area contributed by atoms with E-state index in [0.29, 0.717) is 6.42 Å². The summed E-state index contributed by atoms with van der Waals surface area (Å²) in [4.78, 5) is 14.6. The van der Waals surface area contributed by atoms with Crippen molar-refractivity contribution in [3.63, 3.8) is 0 Å². The Morgan fingerprint density at radius 1 is 1.35 bits per heavy atom. The zero-order valence-corrected chi connectivity index (χ0v) is 12.2. The second-order valence-corrected chi connectivity index (χ2v) is 6.60. The van der Waals surface area contributed by atoms with Gasteiger partial charge in [-0.3, -0.25) is 4.79 Å². The maximum Gasteiger partial charge on any atom is 0.167 e. The highest BCUT2D eigenvalue weighted by Gasteiger charge is 2.31. The first-order valence-corrected chi connectivity index (χ1v) is 6.83. The van der Waals surface area contributed by atoms with Crippen LogP contribution in [0.2, 0.25) is 0 Å². The molecule has 0 radical (unpaired) electrons. The molecule has 17 heavy (non-hydrogen) atoms. The van der Waals surface area contributed by atoms with Gasteiger partial charge in [-0.25, -0.2) is 0 Å². The van der Waals surface area contributed by atoms with E-state index >= 15 is 0 Å². The van der Waals surface area contributed by atoms with Crippen molar-refractivity contribution < 1.29 is 9.53 Å². The van der Waals surface area contributed by atoms with Gasteiger partial charge in [0.1, 0.15) is 6.10 Å². The number of aryl methyl sites for hydroxylation is 1. The van der Waals surface area contributed by atoms with Crippen molar-refractivity contribution >= 4 is 17.1 Å². The molecule has 2 nitrogen and oxygen atoms in total. The fourth-order valence-corrected chi connectivity index (χ4v) is 2.91. The van der Waals surface area contributed by atoms with Crippen LogP contribution in [0.4, 0.5) is 0 Å². The molecule has 0 spiro atoms. The zero-order chi connectivity index (χ0) is 13.1. The number of hydrogen-bond donors (Lipinski definition) is 0. The SMILES string of the molecule is CCc1ccc(CC(=O)C(OC)C(C)(C)C)s1. The molecule has 96 valence electrons. The van der Waals surface area contributed by atoms with Crippen LogP contribution < -0.4 is 0 Å². The molecule has 0 aliphatic rings. The van der Waals surface area contributed by atoms with Crippen LogP contribution in [0.1, 0.15) is 37.4 Å². The minimum Gasteiger partial charge on any atom is -0.373 e. The monoisotopic (exact) mass is 254 g/mol. The molecule has 0 bridgehead atoms. The molecule has 1 rings (SSSR count). The maximum absolute atomic E-state index is 12.2. The highest BCUT2D eigenvalue weighted by molar-refractivity contribution is 7.12. The number of Topliss-reactive ketones (excluding diaryl/α,β-unsaturated/α-hetero) is 1. The predicted octanol–water partition coefficient (Wildman–Crippen LogP) is 3.48. The van der Waals surface area contributed by atoms with E-state index in [1.54, 1.807) is 18.4 Å². The number of carbonyl (C=O) groups excluding carboxylic acids is 1. The number of hydrogen-bond acceptors (Lipinski definition) is 3. The second-order valence-electron chi connectivity index (χ2n) is 5.35. The number of thiophene rings is 1. The molecule has 1 heterocycles. The largest absolute Gasteiger partial charge is 0.373 e. The molecule has 0 aliphatic heterocycles. The van der Waals surface area contributed by atoms with Crippen molar-refractivity contribution in [2.24, 2.45) is 5.41 Å². The highest BCUT2D eigenvalue weighted by Crippen LogP contribution is 2.25. The third-order valence-electron chi connectivity index (χ3n) is 2.73. The summed E-state index contributed by atoms with van der Waals surface area (Å²) in [5.41, 5.74) is -0.142. The molecule has 3 heteroatoms. The molecule has 1 atom stereocenters. The first-order chi connectivity index (χ1) is 7.88. The molecule has 0 aliphatic carbocycles. The van der Waals surface area contributed by atoms with E-state index in [4.69, 9.17) is 4.74 Å². The first kappa shape index (κ1) is 14.4. The average molecular weight is 254 g/mol. The molecule has 1 unspecified atom stereocenters. The van der Waals surface area contributed by atoms with Crippen molar-refractivity contribution in [2.75, 3.05) is 7.11 Å². The first-order valence-electron chi connectivity index (χ1n) is 6.01. The number of ether oxygens (including phenoxy) is 1. The van der Waals surface area contributed by atoms with Crippen molar-refractivity contribution in [3.8, 4) is 0 Å². The van der Waals surface area contributed by atoms with Gasteiger partial charge in [-0.2, -0.15) is 0 Å². The minimum atomic E-state index is -0.324. The van der Waals surface area contributed by atoms with Gasteiger partial charge in [-0.1, -0.05) is 27.7 Å². The number of methoxy groups -OCH3 is 1. The predicted molar refractivity (Wildman–Crippen MR) is 72.7 cm³/mol. The summed E-state index contributed by atoms with van der Waals surface area (Å²) in [7, 11) is 1.61. The van der Waals surface area contributed by atoms with E-state index < -0.39 is 0 Å². The van der Waals surface area contributed by atoms with Crippen molar-refractivity contribution in [3.05, 3.63) is 21.9 Å². The third-order valence-corrected chi connectivity index (χ3v) is 3.96. The topological polar surface area (TPSA) is 26.3 Å². The van der Waals surface area contributed by atoms with Gasteiger partial charge in [0.25, 0.3) is 0 Å². The van der Waals surface area contributed by atoms with Gasteiger partial charge in [0.2, 0.25) is 0 Å². The maximum atomic E-state index is 12.2. The Kier molecular flexibility index (Phi) is 4.90. The van der Waals surface area contributed by atoms with Crippen molar-refractivity contribution in [2.45, 2.75) is 46.6 Å². The Morgan fingerprint density at radius 2 is 1.94 bits per heavy atom. The molecule has 0 saturated carbocycles. The molecule has 1 aromatic rings. The minimum absolute atomic E-state index is 0.142. The van der Waals surface area contributed by atoms with Gasteiger partial charge in [0.15, 0.2) is 5.78 Å². The van der Waals surface area contributed by atoms with Crippen LogP contribution in [-0.2, 0) is 22.4 Å². The van der Waals surface area contributed by atoms with Gasteiger partial charge in [0, 0.05) is 23.3 Å². The quantitative estimate of drug-likeness (QED) is 0.804.